The Balaban J connectivity index is 1.81. The Bertz CT molecular complexity index is 480. The molecule has 1 rings (SSSR count). The summed E-state index contributed by atoms with van der Waals surface area (Å²) in [7, 11) is 0. The van der Waals surface area contributed by atoms with Crippen molar-refractivity contribution in [2.75, 3.05) is 19.8 Å². The summed E-state index contributed by atoms with van der Waals surface area (Å²) in [5.41, 5.74) is 0. The molecule has 0 amide bonds. The number of carbonyl (C=O) groups is 1. The first-order chi connectivity index (χ1) is 17.7. The van der Waals surface area contributed by atoms with Crippen molar-refractivity contribution in [1.29, 1.82) is 0 Å². The van der Waals surface area contributed by atoms with Crippen LogP contribution in [0.5, 0.6) is 0 Å². The number of ether oxygens (including phenoxy) is 3. The van der Waals surface area contributed by atoms with Crippen molar-refractivity contribution < 1.29 is 29.2 Å². The molecule has 1 heterocycles. The van der Waals surface area contributed by atoms with E-state index >= 15 is 0 Å². The monoisotopic (exact) mass is 514 g/mol. The zero-order chi connectivity index (χ0) is 26.1. The van der Waals surface area contributed by atoms with Crippen molar-refractivity contribution in [3.05, 3.63) is 0 Å². The zero-order valence-corrected chi connectivity index (χ0v) is 23.4. The standard InChI is InChI=1S/C30H58O6/c1-2-3-4-5-6-7-8-9-10-11-12-13-14-15-16-17-18-19-20-21-22-23-28(33)36-29(27(32)26-31)30-34-24-25-35-30/h27,29-32H,2-26H2,1H3/t27-,29-/m1/s1. The first-order valence-electron chi connectivity index (χ1n) is 15.4. The normalized spacial score (nSPS) is 15.9. The summed E-state index contributed by atoms with van der Waals surface area (Å²) in [6.45, 7) is 2.58. The Morgan fingerprint density at radius 2 is 1.06 bits per heavy atom. The number of unbranched alkanes of at least 4 members (excludes halogenated alkanes) is 20. The van der Waals surface area contributed by atoms with Crippen LogP contribution in [-0.4, -0.2) is 54.5 Å². The van der Waals surface area contributed by atoms with E-state index < -0.39 is 25.1 Å². The molecule has 2 N–H and O–H groups in total. The molecule has 0 aliphatic carbocycles. The lowest BCUT2D eigenvalue weighted by molar-refractivity contribution is -0.195. The maximum Gasteiger partial charge on any atom is 0.306 e. The largest absolute Gasteiger partial charge is 0.454 e. The number of aliphatic hydroxyl groups excluding tert-OH is 2. The highest BCUT2D eigenvalue weighted by atomic mass is 16.7. The fraction of sp³-hybridized carbons (Fsp3) is 0.967. The van der Waals surface area contributed by atoms with Gasteiger partial charge < -0.3 is 24.4 Å². The van der Waals surface area contributed by atoms with Crippen LogP contribution >= 0.6 is 0 Å². The quantitative estimate of drug-likeness (QED) is 0.0936. The van der Waals surface area contributed by atoms with E-state index in [4.69, 9.17) is 14.2 Å². The Morgan fingerprint density at radius 3 is 1.42 bits per heavy atom. The fourth-order valence-electron chi connectivity index (χ4n) is 4.90. The molecule has 0 spiro atoms. The molecule has 1 saturated heterocycles. The van der Waals surface area contributed by atoms with Crippen molar-refractivity contribution in [1.82, 2.24) is 0 Å². The minimum Gasteiger partial charge on any atom is -0.454 e. The van der Waals surface area contributed by atoms with Gasteiger partial charge in [0.25, 0.3) is 0 Å². The number of rotatable bonds is 26. The van der Waals surface area contributed by atoms with Crippen molar-refractivity contribution in [3.63, 3.8) is 0 Å². The summed E-state index contributed by atoms with van der Waals surface area (Å²) in [4.78, 5) is 12.1. The number of hydrogen-bond acceptors (Lipinski definition) is 6. The van der Waals surface area contributed by atoms with E-state index in [0.29, 0.717) is 19.6 Å². The lowest BCUT2D eigenvalue weighted by Crippen LogP contribution is -2.43. The van der Waals surface area contributed by atoms with Gasteiger partial charge in [0.2, 0.25) is 0 Å². The molecular weight excluding hydrogens is 456 g/mol. The second-order valence-corrected chi connectivity index (χ2v) is 10.6. The molecule has 0 radical (unpaired) electrons. The Kier molecular flexibility index (Phi) is 22.8. The molecule has 36 heavy (non-hydrogen) atoms. The van der Waals surface area contributed by atoms with Gasteiger partial charge in [-0.25, -0.2) is 0 Å². The van der Waals surface area contributed by atoms with Gasteiger partial charge in [-0.15, -0.1) is 0 Å². The van der Waals surface area contributed by atoms with E-state index in [0.717, 1.165) is 19.3 Å². The van der Waals surface area contributed by atoms with Gasteiger partial charge in [-0.3, -0.25) is 4.79 Å². The molecule has 1 fully saturated rings. The number of esters is 1. The van der Waals surface area contributed by atoms with Crippen LogP contribution < -0.4 is 0 Å². The molecule has 1 aliphatic rings. The highest BCUT2D eigenvalue weighted by Gasteiger charge is 2.35. The van der Waals surface area contributed by atoms with Gasteiger partial charge in [0.1, 0.15) is 6.10 Å². The Labute approximate surface area is 221 Å². The fourth-order valence-corrected chi connectivity index (χ4v) is 4.90. The third-order valence-electron chi connectivity index (χ3n) is 7.23. The minimum absolute atomic E-state index is 0.320. The van der Waals surface area contributed by atoms with Gasteiger partial charge in [-0.05, 0) is 6.42 Å². The van der Waals surface area contributed by atoms with Gasteiger partial charge in [0, 0.05) is 6.42 Å². The van der Waals surface area contributed by atoms with E-state index in [-0.39, 0.29) is 5.97 Å². The summed E-state index contributed by atoms with van der Waals surface area (Å²) in [6.07, 6.45) is 25.3. The first-order valence-corrected chi connectivity index (χ1v) is 15.4. The number of aliphatic hydroxyl groups is 2. The molecule has 0 saturated carbocycles. The van der Waals surface area contributed by atoms with Crippen molar-refractivity contribution >= 4 is 5.97 Å². The molecule has 2 atom stereocenters. The van der Waals surface area contributed by atoms with E-state index in [2.05, 4.69) is 6.92 Å². The summed E-state index contributed by atoms with van der Waals surface area (Å²) in [6, 6.07) is 0. The molecule has 0 aromatic rings. The van der Waals surface area contributed by atoms with E-state index in [9.17, 15) is 15.0 Å². The van der Waals surface area contributed by atoms with Crippen molar-refractivity contribution in [3.8, 4) is 0 Å². The summed E-state index contributed by atoms with van der Waals surface area (Å²) >= 11 is 0. The minimum atomic E-state index is -1.20. The van der Waals surface area contributed by atoms with E-state index in [1.807, 2.05) is 0 Å². The highest BCUT2D eigenvalue weighted by Crippen LogP contribution is 2.18. The van der Waals surface area contributed by atoms with Crippen LogP contribution in [-0.2, 0) is 19.0 Å². The molecule has 0 aromatic heterocycles. The maximum absolute atomic E-state index is 12.1. The SMILES string of the molecule is CCCCCCCCCCCCCCCCCCCCCCCC(=O)O[C@@H](C1OCCO1)[C@H](O)CO. The second-order valence-electron chi connectivity index (χ2n) is 10.6. The topological polar surface area (TPSA) is 85.2 Å². The van der Waals surface area contributed by atoms with E-state index in [1.165, 1.54) is 116 Å². The number of carbonyl (C=O) groups excluding carboxylic acids is 1. The molecule has 0 aromatic carbocycles. The van der Waals surface area contributed by atoms with Crippen LogP contribution in [0.3, 0.4) is 0 Å². The van der Waals surface area contributed by atoms with Gasteiger partial charge in [0.05, 0.1) is 19.8 Å². The smallest absolute Gasteiger partial charge is 0.306 e. The zero-order valence-electron chi connectivity index (χ0n) is 23.4. The third-order valence-corrected chi connectivity index (χ3v) is 7.23. The molecule has 0 unspecified atom stereocenters. The summed E-state index contributed by atoms with van der Waals surface area (Å²) in [5.74, 6) is -0.371. The lowest BCUT2D eigenvalue weighted by atomic mass is 10.0. The molecule has 6 nitrogen and oxygen atoms in total. The second kappa shape index (κ2) is 24.6. The average molecular weight is 515 g/mol. The van der Waals surface area contributed by atoms with Crippen LogP contribution in [0.1, 0.15) is 148 Å². The van der Waals surface area contributed by atoms with E-state index in [1.54, 1.807) is 0 Å². The molecular formula is C30H58O6. The Hall–Kier alpha value is -0.690. The van der Waals surface area contributed by atoms with Crippen LogP contribution in [0.15, 0.2) is 0 Å². The van der Waals surface area contributed by atoms with Crippen LogP contribution in [0, 0.1) is 0 Å². The average Bonchev–Trinajstić information content (AvgIpc) is 3.42. The van der Waals surface area contributed by atoms with Crippen LogP contribution in [0.25, 0.3) is 0 Å². The van der Waals surface area contributed by atoms with Gasteiger partial charge in [-0.1, -0.05) is 135 Å². The van der Waals surface area contributed by atoms with Gasteiger partial charge in [0.15, 0.2) is 12.4 Å². The molecule has 6 heteroatoms. The maximum atomic E-state index is 12.1. The molecule has 214 valence electrons. The predicted molar refractivity (Wildman–Crippen MR) is 146 cm³/mol. The van der Waals surface area contributed by atoms with Crippen LogP contribution in [0.4, 0.5) is 0 Å². The summed E-state index contributed by atoms with van der Waals surface area (Å²) in [5, 5.41) is 19.1. The first kappa shape index (κ1) is 33.3. The lowest BCUT2D eigenvalue weighted by Gasteiger charge is -2.25. The Morgan fingerprint density at radius 1 is 0.694 bits per heavy atom. The number of hydrogen-bond donors (Lipinski definition) is 2. The predicted octanol–water partition coefficient (Wildman–Crippen LogP) is 7.23. The van der Waals surface area contributed by atoms with Gasteiger partial charge >= 0.3 is 5.97 Å². The van der Waals surface area contributed by atoms with Crippen LogP contribution in [0.2, 0.25) is 0 Å². The molecule has 1 aliphatic heterocycles. The van der Waals surface area contributed by atoms with Crippen molar-refractivity contribution in [2.45, 2.75) is 167 Å². The third kappa shape index (κ3) is 18.5. The summed E-state index contributed by atoms with van der Waals surface area (Å²) < 4.78 is 16.0. The van der Waals surface area contributed by atoms with Crippen molar-refractivity contribution in [2.24, 2.45) is 0 Å². The molecule has 0 bridgehead atoms. The highest BCUT2D eigenvalue weighted by molar-refractivity contribution is 5.69. The van der Waals surface area contributed by atoms with Gasteiger partial charge in [-0.2, -0.15) is 0 Å².